The van der Waals surface area contributed by atoms with Crippen molar-refractivity contribution in [2.24, 2.45) is 0 Å². The van der Waals surface area contributed by atoms with Crippen molar-refractivity contribution >= 4 is 27.0 Å². The van der Waals surface area contributed by atoms with E-state index < -0.39 is 15.8 Å². The Balaban J connectivity index is 2.18. The molecule has 3 N–H and O–H groups in total. The largest absolute Gasteiger partial charge is 0.396 e. The molecule has 0 atom stereocenters. The number of hydrogen-bond donors (Lipinski definition) is 2. The molecule has 0 unspecified atom stereocenters. The molecule has 2 rings (SSSR count). The fourth-order valence-electron chi connectivity index (χ4n) is 1.51. The molecule has 0 aliphatic rings. The van der Waals surface area contributed by atoms with Crippen LogP contribution in [0.2, 0.25) is 0 Å². The minimum atomic E-state index is -3.68. The van der Waals surface area contributed by atoms with E-state index in [0.29, 0.717) is 0 Å². The molecule has 0 radical (unpaired) electrons. The Bertz CT molecular complexity index is 696. The van der Waals surface area contributed by atoms with E-state index in [-0.39, 0.29) is 17.1 Å². The fourth-order valence-corrected chi connectivity index (χ4v) is 3.41. The van der Waals surface area contributed by atoms with E-state index in [0.717, 1.165) is 23.3 Å². The van der Waals surface area contributed by atoms with Crippen LogP contribution in [0.1, 0.15) is 11.1 Å². The molecule has 102 valence electrons. The summed E-state index contributed by atoms with van der Waals surface area (Å²) in [6, 6.07) is 3.34. The molecule has 0 amide bonds. The molecule has 4 nitrogen and oxygen atoms in total. The molecule has 0 saturated carbocycles. The first-order valence-corrected chi connectivity index (χ1v) is 7.89. The topological polar surface area (TPSA) is 72.2 Å². The van der Waals surface area contributed by atoms with Crippen LogP contribution in [0.4, 0.5) is 10.1 Å². The van der Waals surface area contributed by atoms with Crippen LogP contribution in [0.3, 0.4) is 0 Å². The summed E-state index contributed by atoms with van der Waals surface area (Å²) < 4.78 is 39.5. The minimum Gasteiger partial charge on any atom is -0.396 e. The summed E-state index contributed by atoms with van der Waals surface area (Å²) in [6.45, 7) is 2.12. The third-order valence-electron chi connectivity index (χ3n) is 2.69. The van der Waals surface area contributed by atoms with Gasteiger partial charge in [-0.1, -0.05) is 0 Å². The Morgan fingerprint density at radius 3 is 2.68 bits per heavy atom. The van der Waals surface area contributed by atoms with Crippen LogP contribution in [0.25, 0.3) is 0 Å². The van der Waals surface area contributed by atoms with Crippen LogP contribution < -0.4 is 10.5 Å². The highest BCUT2D eigenvalue weighted by atomic mass is 32.2. The van der Waals surface area contributed by atoms with Crippen LogP contribution in [0.5, 0.6) is 0 Å². The van der Waals surface area contributed by atoms with Gasteiger partial charge in [-0.05, 0) is 47.0 Å². The lowest BCUT2D eigenvalue weighted by Crippen LogP contribution is -2.23. The highest BCUT2D eigenvalue weighted by Gasteiger charge is 2.15. The molecule has 0 bridgehead atoms. The van der Waals surface area contributed by atoms with E-state index in [2.05, 4.69) is 4.72 Å². The number of thiophene rings is 1. The van der Waals surface area contributed by atoms with Gasteiger partial charge in [-0.15, -0.1) is 0 Å². The predicted molar refractivity (Wildman–Crippen MR) is 73.9 cm³/mol. The van der Waals surface area contributed by atoms with E-state index in [1.807, 2.05) is 17.7 Å². The monoisotopic (exact) mass is 300 g/mol. The van der Waals surface area contributed by atoms with Crippen LogP contribution in [0.15, 0.2) is 33.9 Å². The number of benzene rings is 1. The molecule has 0 aliphatic heterocycles. The van der Waals surface area contributed by atoms with Gasteiger partial charge in [0.2, 0.25) is 10.0 Å². The summed E-state index contributed by atoms with van der Waals surface area (Å²) >= 11 is 1.51. The maximum atomic E-state index is 13.0. The number of nitrogens with one attached hydrogen (secondary N) is 1. The predicted octanol–water partition coefficient (Wildman–Crippen LogP) is 2.26. The van der Waals surface area contributed by atoms with Crippen LogP contribution >= 0.6 is 11.3 Å². The van der Waals surface area contributed by atoms with Crippen molar-refractivity contribution in [3.05, 3.63) is 45.9 Å². The molecule has 1 aromatic heterocycles. The molecule has 0 fully saturated rings. The Hall–Kier alpha value is -1.44. The number of nitrogens with two attached hydrogens (primary N) is 1. The van der Waals surface area contributed by atoms with Crippen molar-refractivity contribution in [3.8, 4) is 0 Å². The lowest BCUT2D eigenvalue weighted by molar-refractivity contribution is 0.580. The Morgan fingerprint density at radius 2 is 2.11 bits per heavy atom. The lowest BCUT2D eigenvalue weighted by Gasteiger charge is -2.07. The number of hydrogen-bond acceptors (Lipinski definition) is 4. The van der Waals surface area contributed by atoms with Gasteiger partial charge < -0.3 is 5.73 Å². The summed E-state index contributed by atoms with van der Waals surface area (Å²) in [5.74, 6) is -0.632. The maximum Gasteiger partial charge on any atom is 0.240 e. The third-order valence-corrected chi connectivity index (χ3v) is 5.00. The first-order chi connectivity index (χ1) is 8.90. The second-order valence-corrected chi connectivity index (χ2v) is 6.60. The first-order valence-electron chi connectivity index (χ1n) is 5.46. The summed E-state index contributed by atoms with van der Waals surface area (Å²) in [5, 5.41) is 3.83. The molecule has 7 heteroatoms. The summed E-state index contributed by atoms with van der Waals surface area (Å²) in [7, 11) is -3.68. The Labute approximate surface area is 115 Å². The van der Waals surface area contributed by atoms with Crippen molar-refractivity contribution in [3.63, 3.8) is 0 Å². The van der Waals surface area contributed by atoms with E-state index >= 15 is 0 Å². The number of anilines is 1. The van der Waals surface area contributed by atoms with Gasteiger partial charge in [0.05, 0.1) is 10.6 Å². The maximum absolute atomic E-state index is 13.0. The molecule has 1 heterocycles. The number of rotatable bonds is 4. The normalized spacial score (nSPS) is 11.7. The van der Waals surface area contributed by atoms with Gasteiger partial charge in [-0.3, -0.25) is 0 Å². The first kappa shape index (κ1) is 14.0. The van der Waals surface area contributed by atoms with Crippen molar-refractivity contribution in [2.75, 3.05) is 5.73 Å². The summed E-state index contributed by atoms with van der Waals surface area (Å²) in [6.07, 6.45) is 0. The number of halogens is 1. The molecule has 0 saturated heterocycles. The molecule has 2 aromatic rings. The third kappa shape index (κ3) is 3.12. The molecule has 0 spiro atoms. The van der Waals surface area contributed by atoms with Crippen LogP contribution in [-0.2, 0) is 16.6 Å². The quantitative estimate of drug-likeness (QED) is 0.851. The van der Waals surface area contributed by atoms with Crippen molar-refractivity contribution in [2.45, 2.75) is 18.4 Å². The van der Waals surface area contributed by atoms with Gasteiger partial charge in [0, 0.05) is 6.54 Å². The number of sulfonamides is 1. The van der Waals surface area contributed by atoms with Gasteiger partial charge in [-0.25, -0.2) is 17.5 Å². The van der Waals surface area contributed by atoms with Gasteiger partial charge >= 0.3 is 0 Å². The minimum absolute atomic E-state index is 0.0423. The summed E-state index contributed by atoms with van der Waals surface area (Å²) in [4.78, 5) is -0.0423. The SMILES string of the molecule is Cc1cscc1CNS(=O)(=O)c1ccc(F)c(N)c1. The van der Waals surface area contributed by atoms with E-state index in [4.69, 9.17) is 5.73 Å². The molecule has 1 aromatic carbocycles. The highest BCUT2D eigenvalue weighted by molar-refractivity contribution is 7.89. The Kier molecular flexibility index (Phi) is 3.88. The van der Waals surface area contributed by atoms with E-state index in [1.54, 1.807) is 0 Å². The Morgan fingerprint density at radius 1 is 1.37 bits per heavy atom. The van der Waals surface area contributed by atoms with E-state index in [9.17, 15) is 12.8 Å². The number of nitrogen functional groups attached to an aromatic ring is 1. The second kappa shape index (κ2) is 5.28. The zero-order valence-corrected chi connectivity index (χ0v) is 11.8. The smallest absolute Gasteiger partial charge is 0.240 e. The van der Waals surface area contributed by atoms with Crippen molar-refractivity contribution in [1.29, 1.82) is 0 Å². The van der Waals surface area contributed by atoms with Crippen LogP contribution in [0, 0.1) is 12.7 Å². The van der Waals surface area contributed by atoms with Gasteiger partial charge in [0.1, 0.15) is 5.82 Å². The lowest BCUT2D eigenvalue weighted by atomic mass is 10.2. The second-order valence-electron chi connectivity index (χ2n) is 4.09. The molecule has 19 heavy (non-hydrogen) atoms. The van der Waals surface area contributed by atoms with Crippen molar-refractivity contribution < 1.29 is 12.8 Å². The van der Waals surface area contributed by atoms with Gasteiger partial charge in [0.15, 0.2) is 0 Å². The number of aryl methyl sites for hydroxylation is 1. The zero-order valence-electron chi connectivity index (χ0n) is 10.2. The molecular weight excluding hydrogens is 287 g/mol. The molecular formula is C12H13FN2O2S2. The standard InChI is InChI=1S/C12H13FN2O2S2/c1-8-6-18-7-9(8)5-15-19(16,17)10-2-3-11(13)12(14)4-10/h2-4,6-7,15H,5,14H2,1H3. The van der Waals surface area contributed by atoms with Gasteiger partial charge in [0.25, 0.3) is 0 Å². The highest BCUT2D eigenvalue weighted by Crippen LogP contribution is 2.18. The average molecular weight is 300 g/mol. The van der Waals surface area contributed by atoms with Crippen molar-refractivity contribution in [1.82, 2.24) is 4.72 Å². The summed E-state index contributed by atoms with van der Waals surface area (Å²) in [5.41, 5.74) is 7.13. The van der Waals surface area contributed by atoms with E-state index in [1.165, 1.54) is 17.4 Å². The molecule has 0 aliphatic carbocycles. The fraction of sp³-hybridized carbons (Fsp3) is 0.167. The average Bonchev–Trinajstić information content (AvgIpc) is 2.76. The van der Waals surface area contributed by atoms with Gasteiger partial charge in [-0.2, -0.15) is 11.3 Å². The zero-order chi connectivity index (χ0) is 14.0. The van der Waals surface area contributed by atoms with Crippen LogP contribution in [-0.4, -0.2) is 8.42 Å².